The number of carboxylic acid groups (broad SMARTS) is 1. The van der Waals surface area contributed by atoms with Crippen LogP contribution in [-0.2, 0) is 0 Å². The third-order valence-electron chi connectivity index (χ3n) is 2.80. The highest BCUT2D eigenvalue weighted by atomic mass is 16.6. The molecule has 7 heteroatoms. The van der Waals surface area contributed by atoms with Gasteiger partial charge in [0.2, 0.25) is 0 Å². The lowest BCUT2D eigenvalue weighted by atomic mass is 9.92. The summed E-state index contributed by atoms with van der Waals surface area (Å²) in [5, 5.41) is 22.3. The quantitative estimate of drug-likeness (QED) is 0.640. The number of aromatic carboxylic acids is 1. The van der Waals surface area contributed by atoms with Crippen LogP contribution in [0.25, 0.3) is 0 Å². The van der Waals surface area contributed by atoms with Crippen LogP contribution in [0.3, 0.4) is 0 Å². The molecule has 0 bridgehead atoms. The van der Waals surface area contributed by atoms with E-state index in [0.29, 0.717) is 6.54 Å². The van der Waals surface area contributed by atoms with Crippen LogP contribution in [0.1, 0.15) is 47.9 Å². The van der Waals surface area contributed by atoms with Gasteiger partial charge in [-0.1, -0.05) is 20.8 Å². The van der Waals surface area contributed by atoms with Crippen molar-refractivity contribution in [2.45, 2.75) is 27.2 Å². The first kappa shape index (κ1) is 16.6. The van der Waals surface area contributed by atoms with Gasteiger partial charge in [0.15, 0.2) is 0 Å². The van der Waals surface area contributed by atoms with Gasteiger partial charge in [0, 0.05) is 24.2 Å². The number of nitro groups is 1. The van der Waals surface area contributed by atoms with Crippen molar-refractivity contribution in [3.63, 3.8) is 0 Å². The fourth-order valence-corrected chi connectivity index (χ4v) is 1.62. The molecule has 0 aromatic heterocycles. The summed E-state index contributed by atoms with van der Waals surface area (Å²) in [5.74, 6) is -1.84. The number of benzene rings is 1. The van der Waals surface area contributed by atoms with E-state index in [4.69, 9.17) is 5.11 Å². The molecule has 0 radical (unpaired) electrons. The first-order valence-electron chi connectivity index (χ1n) is 6.41. The Labute approximate surface area is 122 Å². The minimum Gasteiger partial charge on any atom is -0.478 e. The molecule has 0 saturated heterocycles. The Morgan fingerprint density at radius 2 is 1.81 bits per heavy atom. The van der Waals surface area contributed by atoms with Gasteiger partial charge in [0.1, 0.15) is 0 Å². The van der Waals surface area contributed by atoms with Crippen LogP contribution in [0, 0.1) is 15.5 Å². The van der Waals surface area contributed by atoms with Crippen LogP contribution in [0.15, 0.2) is 18.2 Å². The van der Waals surface area contributed by atoms with Crippen molar-refractivity contribution in [2.24, 2.45) is 5.41 Å². The van der Waals surface area contributed by atoms with Gasteiger partial charge in [-0.25, -0.2) is 4.79 Å². The number of carbonyl (C=O) groups excluding carboxylic acids is 1. The van der Waals surface area contributed by atoms with E-state index < -0.39 is 22.5 Å². The molecule has 1 aromatic rings. The molecule has 0 atom stereocenters. The van der Waals surface area contributed by atoms with Crippen molar-refractivity contribution in [2.75, 3.05) is 6.54 Å². The van der Waals surface area contributed by atoms with Crippen molar-refractivity contribution in [3.8, 4) is 0 Å². The predicted octanol–water partition coefficient (Wildman–Crippen LogP) is 2.46. The number of nitro benzene ring substituents is 1. The zero-order valence-corrected chi connectivity index (χ0v) is 12.2. The van der Waals surface area contributed by atoms with Gasteiger partial charge in [-0.05, 0) is 17.9 Å². The molecule has 0 heterocycles. The molecule has 0 aliphatic heterocycles. The number of hydrogen-bond acceptors (Lipinski definition) is 4. The van der Waals surface area contributed by atoms with Gasteiger partial charge >= 0.3 is 5.97 Å². The highest BCUT2D eigenvalue weighted by molar-refractivity contribution is 5.98. The second-order valence-corrected chi connectivity index (χ2v) is 5.90. The standard InChI is InChI=1S/C14H18N2O5/c1-14(2,3)4-5-15-12(17)9-6-10(13(18)19)8-11(7-9)16(20)21/h6-8H,4-5H2,1-3H3,(H,15,17)(H,18,19). The summed E-state index contributed by atoms with van der Waals surface area (Å²) < 4.78 is 0. The summed E-state index contributed by atoms with van der Waals surface area (Å²) in [6, 6.07) is 3.12. The van der Waals surface area contributed by atoms with Gasteiger partial charge in [-0.2, -0.15) is 0 Å². The third kappa shape index (κ3) is 5.21. The van der Waals surface area contributed by atoms with Crippen LogP contribution < -0.4 is 5.32 Å². The van der Waals surface area contributed by atoms with E-state index in [0.717, 1.165) is 24.6 Å². The van der Waals surface area contributed by atoms with Crippen LogP contribution in [0.5, 0.6) is 0 Å². The maximum atomic E-state index is 12.0. The third-order valence-corrected chi connectivity index (χ3v) is 2.80. The largest absolute Gasteiger partial charge is 0.478 e. The Hall–Kier alpha value is -2.44. The van der Waals surface area contributed by atoms with E-state index in [2.05, 4.69) is 5.32 Å². The van der Waals surface area contributed by atoms with E-state index >= 15 is 0 Å². The topological polar surface area (TPSA) is 110 Å². The molecule has 0 unspecified atom stereocenters. The second kappa shape index (κ2) is 6.34. The van der Waals surface area contributed by atoms with Crippen molar-refractivity contribution >= 4 is 17.6 Å². The first-order chi connectivity index (χ1) is 9.60. The average Bonchev–Trinajstić information content (AvgIpc) is 2.36. The molecular weight excluding hydrogens is 276 g/mol. The average molecular weight is 294 g/mol. The van der Waals surface area contributed by atoms with E-state index in [1.165, 1.54) is 0 Å². The molecule has 7 nitrogen and oxygen atoms in total. The van der Waals surface area contributed by atoms with Crippen LogP contribution in [-0.4, -0.2) is 28.5 Å². The summed E-state index contributed by atoms with van der Waals surface area (Å²) in [4.78, 5) is 32.9. The Morgan fingerprint density at radius 3 is 2.29 bits per heavy atom. The molecule has 114 valence electrons. The number of rotatable bonds is 5. The smallest absolute Gasteiger partial charge is 0.335 e. The minimum atomic E-state index is -1.32. The highest BCUT2D eigenvalue weighted by Crippen LogP contribution is 2.19. The summed E-state index contributed by atoms with van der Waals surface area (Å²) in [6.45, 7) is 6.48. The molecule has 0 saturated carbocycles. The summed E-state index contributed by atoms with van der Waals surface area (Å²) in [6.07, 6.45) is 0.736. The number of carboxylic acids is 1. The van der Waals surface area contributed by atoms with Crippen molar-refractivity contribution in [3.05, 3.63) is 39.4 Å². The Bertz CT molecular complexity index is 543. The molecular formula is C14H18N2O5. The Morgan fingerprint density at radius 1 is 1.24 bits per heavy atom. The zero-order valence-electron chi connectivity index (χ0n) is 12.2. The predicted molar refractivity (Wildman–Crippen MR) is 76.5 cm³/mol. The molecule has 1 rings (SSSR count). The van der Waals surface area contributed by atoms with Gasteiger partial charge in [0.25, 0.3) is 11.6 Å². The number of nitrogens with one attached hydrogen (secondary N) is 1. The lowest BCUT2D eigenvalue weighted by Crippen LogP contribution is -2.27. The lowest BCUT2D eigenvalue weighted by Gasteiger charge is -2.18. The number of hydrogen-bond donors (Lipinski definition) is 2. The summed E-state index contributed by atoms with van der Waals surface area (Å²) in [7, 11) is 0. The van der Waals surface area contributed by atoms with Crippen LogP contribution in [0.4, 0.5) is 5.69 Å². The lowest BCUT2D eigenvalue weighted by molar-refractivity contribution is -0.384. The van der Waals surface area contributed by atoms with E-state index in [-0.39, 0.29) is 16.5 Å². The number of non-ortho nitro benzene ring substituents is 1. The number of amides is 1. The molecule has 0 spiro atoms. The maximum absolute atomic E-state index is 12.0. The SMILES string of the molecule is CC(C)(C)CCNC(=O)c1cc(C(=O)O)cc([N+](=O)[O-])c1. The van der Waals surface area contributed by atoms with E-state index in [1.807, 2.05) is 20.8 Å². The molecule has 1 aromatic carbocycles. The van der Waals surface area contributed by atoms with Crippen molar-refractivity contribution < 1.29 is 19.6 Å². The van der Waals surface area contributed by atoms with Gasteiger partial charge in [-0.15, -0.1) is 0 Å². The van der Waals surface area contributed by atoms with E-state index in [1.54, 1.807) is 0 Å². The molecule has 0 aliphatic rings. The first-order valence-corrected chi connectivity index (χ1v) is 6.41. The van der Waals surface area contributed by atoms with Gasteiger partial charge in [0.05, 0.1) is 10.5 Å². The summed E-state index contributed by atoms with van der Waals surface area (Å²) >= 11 is 0. The van der Waals surface area contributed by atoms with Crippen molar-refractivity contribution in [1.82, 2.24) is 5.32 Å². The molecule has 2 N–H and O–H groups in total. The number of carbonyl (C=O) groups is 2. The van der Waals surface area contributed by atoms with Gasteiger partial charge < -0.3 is 10.4 Å². The van der Waals surface area contributed by atoms with Crippen LogP contribution >= 0.6 is 0 Å². The maximum Gasteiger partial charge on any atom is 0.335 e. The van der Waals surface area contributed by atoms with Gasteiger partial charge in [-0.3, -0.25) is 14.9 Å². The van der Waals surface area contributed by atoms with Crippen molar-refractivity contribution in [1.29, 1.82) is 0 Å². The summed E-state index contributed by atoms with van der Waals surface area (Å²) in [5.41, 5.74) is -0.695. The fourth-order valence-electron chi connectivity index (χ4n) is 1.62. The monoisotopic (exact) mass is 294 g/mol. The Balaban J connectivity index is 2.93. The molecule has 21 heavy (non-hydrogen) atoms. The normalized spacial score (nSPS) is 11.0. The second-order valence-electron chi connectivity index (χ2n) is 5.90. The molecule has 0 fully saturated rings. The Kier molecular flexibility index (Phi) is 5.02. The zero-order chi connectivity index (χ0) is 16.2. The molecule has 1 amide bonds. The fraction of sp³-hybridized carbons (Fsp3) is 0.429. The van der Waals surface area contributed by atoms with E-state index in [9.17, 15) is 19.7 Å². The highest BCUT2D eigenvalue weighted by Gasteiger charge is 2.18. The minimum absolute atomic E-state index is 0.0319. The number of nitrogens with zero attached hydrogens (tertiary/aromatic N) is 1. The van der Waals surface area contributed by atoms with Crippen LogP contribution in [0.2, 0.25) is 0 Å². The molecule has 0 aliphatic carbocycles.